The normalized spacial score (nSPS) is 44.3. The number of carbonyl (C=O) groups is 2. The fourth-order valence-corrected chi connectivity index (χ4v) is 6.57. The van der Waals surface area contributed by atoms with Crippen molar-refractivity contribution in [3.63, 3.8) is 0 Å². The van der Waals surface area contributed by atoms with Crippen LogP contribution in [0.3, 0.4) is 0 Å². The van der Waals surface area contributed by atoms with Gasteiger partial charge in [-0.25, -0.2) is 9.18 Å². The molecule has 168 valence electrons. The number of ether oxygens (including phenoxy) is 1. The summed E-state index contributed by atoms with van der Waals surface area (Å²) in [6.07, 6.45) is 5.40. The van der Waals surface area contributed by atoms with Gasteiger partial charge in [0, 0.05) is 43.7 Å². The van der Waals surface area contributed by atoms with Crippen LogP contribution in [0.2, 0.25) is 0 Å². The van der Waals surface area contributed by atoms with Gasteiger partial charge < -0.3 is 15.4 Å². The molecular weight excluding hydrogens is 387 g/mol. The molecule has 2 N–H and O–H groups in total. The highest BCUT2D eigenvalue weighted by atomic mass is 19.1. The molecule has 0 spiro atoms. The molecule has 7 nitrogen and oxygen atoms in total. The minimum atomic E-state index is -0.777. The Bertz CT molecular complexity index is 661. The quantitative estimate of drug-likeness (QED) is 0.724. The van der Waals surface area contributed by atoms with Crippen molar-refractivity contribution in [2.75, 3.05) is 26.2 Å². The van der Waals surface area contributed by atoms with Gasteiger partial charge in [0.25, 0.3) is 0 Å². The third-order valence-electron chi connectivity index (χ3n) is 8.31. The van der Waals surface area contributed by atoms with E-state index in [2.05, 4.69) is 22.5 Å². The molecule has 30 heavy (non-hydrogen) atoms. The molecule has 5 fully saturated rings. The highest BCUT2D eigenvalue weighted by Gasteiger charge is 2.47. The topological polar surface area (TPSA) is 73.9 Å². The number of alkyl halides is 1. The predicted molar refractivity (Wildman–Crippen MR) is 110 cm³/mol. The maximum Gasteiger partial charge on any atom is 0.410 e. The summed E-state index contributed by atoms with van der Waals surface area (Å²) < 4.78 is 19.6. The van der Waals surface area contributed by atoms with E-state index in [0.29, 0.717) is 31.4 Å². The number of cyclic esters (lactones) is 1. The first-order valence-electron chi connectivity index (χ1n) is 11.9. The molecule has 3 saturated heterocycles. The molecule has 0 aromatic carbocycles. The van der Waals surface area contributed by atoms with E-state index in [9.17, 15) is 14.0 Å². The summed E-state index contributed by atoms with van der Waals surface area (Å²) in [6, 6.07) is 0.665. The molecule has 3 heterocycles. The second kappa shape index (κ2) is 8.26. The Kier molecular flexibility index (Phi) is 5.64. The molecule has 8 atom stereocenters. The zero-order chi connectivity index (χ0) is 20.8. The van der Waals surface area contributed by atoms with E-state index in [-0.39, 0.29) is 42.1 Å². The fraction of sp³-hybridized carbons (Fsp3) is 0.909. The number of hydrogen-bond donors (Lipinski definition) is 2. The maximum absolute atomic E-state index is 14.4. The molecule has 2 amide bonds. The lowest BCUT2D eigenvalue weighted by atomic mass is 9.77. The monoisotopic (exact) mass is 422 g/mol. The van der Waals surface area contributed by atoms with Gasteiger partial charge in [-0.15, -0.1) is 0 Å². The largest absolute Gasteiger partial charge is 0.447 e. The SMILES string of the molecule is CC1CCC(F)C2CC(C(=O)N[C@@H]3CCC[C@@H](N4CCN5C(=O)OC[C@@H]5C4)C3)NC12. The number of halogens is 1. The van der Waals surface area contributed by atoms with Gasteiger partial charge in [0.15, 0.2) is 0 Å². The maximum atomic E-state index is 14.4. The number of rotatable bonds is 3. The number of fused-ring (bicyclic) bond motifs is 2. The molecule has 2 aliphatic carbocycles. The molecule has 0 aromatic rings. The van der Waals surface area contributed by atoms with Gasteiger partial charge in [0.2, 0.25) is 5.91 Å². The smallest absolute Gasteiger partial charge is 0.410 e. The van der Waals surface area contributed by atoms with E-state index in [4.69, 9.17) is 4.74 Å². The fourth-order valence-electron chi connectivity index (χ4n) is 6.57. The van der Waals surface area contributed by atoms with Crippen LogP contribution in [0.25, 0.3) is 0 Å². The van der Waals surface area contributed by atoms with Crippen LogP contribution in [0.1, 0.15) is 51.9 Å². The Balaban J connectivity index is 1.14. The Morgan fingerprint density at radius 1 is 1.17 bits per heavy atom. The number of nitrogens with zero attached hydrogens (tertiary/aromatic N) is 2. The molecule has 0 radical (unpaired) electrons. The Labute approximate surface area is 178 Å². The van der Waals surface area contributed by atoms with Crippen LogP contribution in [0, 0.1) is 11.8 Å². The molecule has 5 aliphatic rings. The number of hydrogen-bond acceptors (Lipinski definition) is 5. The minimum absolute atomic E-state index is 0.0174. The summed E-state index contributed by atoms with van der Waals surface area (Å²) >= 11 is 0. The van der Waals surface area contributed by atoms with Gasteiger partial charge in [0.1, 0.15) is 12.8 Å². The average Bonchev–Trinajstić information content (AvgIpc) is 3.36. The first kappa shape index (κ1) is 20.5. The van der Waals surface area contributed by atoms with Crippen LogP contribution in [-0.2, 0) is 9.53 Å². The lowest BCUT2D eigenvalue weighted by Crippen LogP contribution is -2.57. The second-order valence-electron chi connectivity index (χ2n) is 10.2. The standard InChI is InChI=1S/C22H35FN4O3/c1-13-5-6-18(23)17-10-19(25-20(13)17)21(28)24-14-3-2-4-15(9-14)26-7-8-27-16(11-26)12-30-22(27)29/h13-20,25H,2-12H2,1H3,(H,24,28)/t13?,14-,15-,16+,17?,18?,19?,20?/m1/s1. The van der Waals surface area contributed by atoms with Gasteiger partial charge in [0.05, 0.1) is 12.1 Å². The molecule has 0 bridgehead atoms. The van der Waals surface area contributed by atoms with Gasteiger partial charge in [-0.2, -0.15) is 0 Å². The molecule has 8 heteroatoms. The van der Waals surface area contributed by atoms with Crippen LogP contribution in [0.15, 0.2) is 0 Å². The van der Waals surface area contributed by atoms with Gasteiger partial charge >= 0.3 is 6.09 Å². The van der Waals surface area contributed by atoms with E-state index in [1.807, 2.05) is 4.90 Å². The molecule has 0 aromatic heterocycles. The van der Waals surface area contributed by atoms with Gasteiger partial charge in [-0.05, 0) is 50.9 Å². The number of nitrogens with one attached hydrogen (secondary N) is 2. The first-order valence-corrected chi connectivity index (χ1v) is 11.9. The molecule has 2 saturated carbocycles. The van der Waals surface area contributed by atoms with Crippen molar-refractivity contribution < 1.29 is 18.7 Å². The van der Waals surface area contributed by atoms with Crippen LogP contribution in [-0.4, -0.2) is 84.4 Å². The lowest BCUT2D eigenvalue weighted by Gasteiger charge is -2.43. The van der Waals surface area contributed by atoms with Gasteiger partial charge in [-0.3, -0.25) is 14.6 Å². The van der Waals surface area contributed by atoms with Crippen LogP contribution < -0.4 is 10.6 Å². The summed E-state index contributed by atoms with van der Waals surface area (Å²) in [4.78, 5) is 29.0. The number of carbonyl (C=O) groups excluding carboxylic acids is 2. The lowest BCUT2D eigenvalue weighted by molar-refractivity contribution is -0.124. The number of piperazine rings is 1. The summed E-state index contributed by atoms with van der Waals surface area (Å²) in [5.74, 6) is 0.467. The Morgan fingerprint density at radius 3 is 2.87 bits per heavy atom. The third kappa shape index (κ3) is 3.81. The van der Waals surface area contributed by atoms with Gasteiger partial charge in [-0.1, -0.05) is 6.92 Å². The van der Waals surface area contributed by atoms with Crippen molar-refractivity contribution in [1.29, 1.82) is 0 Å². The summed E-state index contributed by atoms with van der Waals surface area (Å²) in [5.41, 5.74) is 0. The highest BCUT2D eigenvalue weighted by Crippen LogP contribution is 2.38. The summed E-state index contributed by atoms with van der Waals surface area (Å²) in [6.45, 7) is 5.13. The first-order chi connectivity index (χ1) is 14.5. The van der Waals surface area contributed by atoms with Crippen molar-refractivity contribution >= 4 is 12.0 Å². The summed E-state index contributed by atoms with van der Waals surface area (Å²) in [5, 5.41) is 6.74. The van der Waals surface area contributed by atoms with Crippen LogP contribution >= 0.6 is 0 Å². The predicted octanol–water partition coefficient (Wildman–Crippen LogP) is 1.66. The second-order valence-corrected chi connectivity index (χ2v) is 10.2. The van der Waals surface area contributed by atoms with Crippen molar-refractivity contribution in [2.24, 2.45) is 11.8 Å². The zero-order valence-corrected chi connectivity index (χ0v) is 17.9. The zero-order valence-electron chi connectivity index (χ0n) is 17.9. The third-order valence-corrected chi connectivity index (χ3v) is 8.31. The molecular formula is C22H35FN4O3. The van der Waals surface area contributed by atoms with E-state index in [1.54, 1.807) is 0 Å². The van der Waals surface area contributed by atoms with Crippen LogP contribution in [0.4, 0.5) is 9.18 Å². The highest BCUT2D eigenvalue weighted by molar-refractivity contribution is 5.82. The summed E-state index contributed by atoms with van der Waals surface area (Å²) in [7, 11) is 0. The van der Waals surface area contributed by atoms with E-state index in [1.165, 1.54) is 0 Å². The Morgan fingerprint density at radius 2 is 2.03 bits per heavy atom. The van der Waals surface area contributed by atoms with E-state index < -0.39 is 6.17 Å². The average molecular weight is 423 g/mol. The van der Waals surface area contributed by atoms with Crippen molar-refractivity contribution in [1.82, 2.24) is 20.4 Å². The molecule has 3 aliphatic heterocycles. The van der Waals surface area contributed by atoms with Crippen molar-refractivity contribution in [2.45, 2.75) is 88.3 Å². The number of amides is 2. The Hall–Kier alpha value is -1.41. The van der Waals surface area contributed by atoms with Crippen molar-refractivity contribution in [3.05, 3.63) is 0 Å². The molecule has 5 rings (SSSR count). The van der Waals surface area contributed by atoms with E-state index in [0.717, 1.165) is 51.7 Å². The minimum Gasteiger partial charge on any atom is -0.447 e. The molecule has 5 unspecified atom stereocenters. The van der Waals surface area contributed by atoms with E-state index >= 15 is 0 Å². The van der Waals surface area contributed by atoms with Crippen molar-refractivity contribution in [3.8, 4) is 0 Å². The van der Waals surface area contributed by atoms with Crippen LogP contribution in [0.5, 0.6) is 0 Å².